The summed E-state index contributed by atoms with van der Waals surface area (Å²) < 4.78 is 4.61. The zero-order valence-corrected chi connectivity index (χ0v) is 25.9. The number of hydrogen-bond donors (Lipinski definition) is 0. The van der Waals surface area contributed by atoms with Crippen molar-refractivity contribution in [3.05, 3.63) is 47.1 Å². The summed E-state index contributed by atoms with van der Waals surface area (Å²) in [4.78, 5) is 10.9. The van der Waals surface area contributed by atoms with Gasteiger partial charge in [0.25, 0.3) is 0 Å². The van der Waals surface area contributed by atoms with Crippen LogP contribution in [0.1, 0.15) is 137 Å². The third kappa shape index (κ3) is 30.8. The summed E-state index contributed by atoms with van der Waals surface area (Å²) in [6.45, 7) is 11.1. The molecule has 2 nitrogen and oxygen atoms in total. The van der Waals surface area contributed by atoms with Gasteiger partial charge in [-0.25, -0.2) is 0 Å². The molecule has 0 unspecified atom stereocenters. The van der Waals surface area contributed by atoms with E-state index in [0.29, 0.717) is 6.42 Å². The normalized spacial score (nSPS) is 12.6. The fourth-order valence-corrected chi connectivity index (χ4v) is 4.29. The van der Waals surface area contributed by atoms with E-state index in [2.05, 4.69) is 76.0 Å². The Balaban J connectivity index is 0. The molecular weight excluding hydrogens is 460 g/mol. The van der Waals surface area contributed by atoms with E-state index in [4.69, 9.17) is 0 Å². The van der Waals surface area contributed by atoms with Crippen molar-refractivity contribution in [3.8, 4) is 0 Å². The van der Waals surface area contributed by atoms with E-state index in [-0.39, 0.29) is 5.97 Å². The molecule has 0 amide bonds. The molecule has 0 fully saturated rings. The van der Waals surface area contributed by atoms with E-state index >= 15 is 0 Å². The molecule has 0 radical (unpaired) electrons. The fourth-order valence-electron chi connectivity index (χ4n) is 3.71. The van der Waals surface area contributed by atoms with Gasteiger partial charge in [0.05, 0.1) is 7.11 Å². The van der Waals surface area contributed by atoms with Gasteiger partial charge in [0.15, 0.2) is 0 Å². The van der Waals surface area contributed by atoms with Crippen LogP contribution in [-0.2, 0) is 9.53 Å². The van der Waals surface area contributed by atoms with Crippen LogP contribution in [0.5, 0.6) is 0 Å². The van der Waals surface area contributed by atoms with Crippen molar-refractivity contribution in [2.24, 2.45) is 0 Å². The summed E-state index contributed by atoms with van der Waals surface area (Å²) in [6, 6.07) is 0. The molecule has 0 heterocycles. The van der Waals surface area contributed by atoms with E-state index in [1.165, 1.54) is 113 Å². The topological polar surface area (TPSA) is 26.3 Å². The number of carbonyl (C=O) groups is 1. The number of carbonyl (C=O) groups excluding carboxylic acids is 1. The number of methoxy groups -OCH3 is 1. The van der Waals surface area contributed by atoms with Crippen molar-refractivity contribution >= 4 is 17.7 Å². The second-order valence-electron chi connectivity index (χ2n) is 9.95. The van der Waals surface area contributed by atoms with Crippen LogP contribution < -0.4 is 0 Å². The van der Waals surface area contributed by atoms with Gasteiger partial charge in [0.1, 0.15) is 0 Å². The van der Waals surface area contributed by atoms with Crippen LogP contribution in [-0.4, -0.2) is 25.1 Å². The minimum absolute atomic E-state index is 0.0778. The van der Waals surface area contributed by atoms with Gasteiger partial charge >= 0.3 is 5.97 Å². The predicted octanol–water partition coefficient (Wildman–Crippen LogP) is 11.2. The number of thioether (sulfide) groups is 1. The first kappa shape index (κ1) is 36.9. The molecule has 0 aliphatic rings. The Morgan fingerprint density at radius 3 is 1.78 bits per heavy atom. The average molecular weight is 521 g/mol. The van der Waals surface area contributed by atoms with Crippen LogP contribution in [0, 0.1) is 0 Å². The maximum atomic E-state index is 10.9. The highest BCUT2D eigenvalue weighted by molar-refractivity contribution is 7.98. The van der Waals surface area contributed by atoms with Crippen molar-refractivity contribution in [2.45, 2.75) is 137 Å². The van der Waals surface area contributed by atoms with Gasteiger partial charge in [-0.15, -0.1) is 0 Å². The lowest BCUT2D eigenvalue weighted by molar-refractivity contribution is -0.140. The summed E-state index contributed by atoms with van der Waals surface area (Å²) in [5.41, 5.74) is 4.53. The molecule has 0 saturated heterocycles. The van der Waals surface area contributed by atoms with Gasteiger partial charge < -0.3 is 4.74 Å². The van der Waals surface area contributed by atoms with Crippen molar-refractivity contribution in [1.82, 2.24) is 0 Å². The Hall–Kier alpha value is -1.22. The molecular formula is C33H60O2S. The quantitative estimate of drug-likeness (QED) is 0.0855. The second kappa shape index (κ2) is 30.0. The molecule has 0 atom stereocenters. The van der Waals surface area contributed by atoms with Crippen LogP contribution in [0.4, 0.5) is 0 Å². The largest absolute Gasteiger partial charge is 0.469 e. The summed E-state index contributed by atoms with van der Waals surface area (Å²) in [5, 5.41) is 0. The van der Waals surface area contributed by atoms with Gasteiger partial charge in [0.2, 0.25) is 0 Å². The fraction of sp³-hybridized carbons (Fsp3) is 0.727. The molecule has 0 rings (SSSR count). The lowest BCUT2D eigenvalue weighted by atomic mass is 10.1. The molecule has 210 valence electrons. The Morgan fingerprint density at radius 2 is 1.22 bits per heavy atom. The minimum Gasteiger partial charge on any atom is -0.469 e. The van der Waals surface area contributed by atoms with E-state index in [9.17, 15) is 4.79 Å². The molecule has 3 heteroatoms. The standard InChI is InChI=1S/C17H32O2.C16H28S/c1-3-4-5-6-7-8-9-10-11-12-13-14-15-16-17(18)19-2;1-6-14(2)9-7-10-15(3)11-8-12-16(4)13-17-5/h8-9H,3-7,10-16H2,1-2H3;6,10,12H,7-9,11,13H2,1-5H3/b9-8-;14-6+,15-10+,16-12+. The number of ether oxygens (including phenoxy) is 1. The Labute approximate surface area is 230 Å². The third-order valence-electron chi connectivity index (χ3n) is 6.30. The molecule has 0 aromatic heterocycles. The Kier molecular flexibility index (Phi) is 30.8. The van der Waals surface area contributed by atoms with Crippen molar-refractivity contribution < 1.29 is 9.53 Å². The monoisotopic (exact) mass is 520 g/mol. The highest BCUT2D eigenvalue weighted by Gasteiger charge is 1.98. The van der Waals surface area contributed by atoms with Gasteiger partial charge in [-0.1, -0.05) is 92.5 Å². The maximum absolute atomic E-state index is 10.9. The zero-order chi connectivity index (χ0) is 27.3. The zero-order valence-electron chi connectivity index (χ0n) is 25.1. The van der Waals surface area contributed by atoms with Gasteiger partial charge in [0, 0.05) is 12.2 Å². The van der Waals surface area contributed by atoms with Crippen LogP contribution in [0.2, 0.25) is 0 Å². The number of rotatable bonds is 21. The first-order valence-electron chi connectivity index (χ1n) is 14.5. The summed E-state index contributed by atoms with van der Waals surface area (Å²) >= 11 is 1.90. The average Bonchev–Trinajstić information content (AvgIpc) is 2.87. The molecule has 0 aromatic carbocycles. The SMILES string of the molecule is C/C=C(\C)CC/C=C(\C)CC/C=C(\C)CSC.CCCCCC/C=C\CCCCCCCC(=O)OC. The van der Waals surface area contributed by atoms with Crippen LogP contribution in [0.3, 0.4) is 0 Å². The van der Waals surface area contributed by atoms with Gasteiger partial charge in [-0.3, -0.25) is 4.79 Å². The third-order valence-corrected chi connectivity index (χ3v) is 7.04. The Morgan fingerprint density at radius 1 is 0.694 bits per heavy atom. The maximum Gasteiger partial charge on any atom is 0.305 e. The first-order valence-corrected chi connectivity index (χ1v) is 15.9. The van der Waals surface area contributed by atoms with Crippen LogP contribution in [0.25, 0.3) is 0 Å². The summed E-state index contributed by atoms with van der Waals surface area (Å²) in [5.74, 6) is 1.09. The number of hydrogen-bond acceptors (Lipinski definition) is 3. The van der Waals surface area contributed by atoms with Gasteiger partial charge in [-0.05, 0) is 91.7 Å². The summed E-state index contributed by atoms with van der Waals surface area (Å²) in [6.07, 6.45) is 33.0. The van der Waals surface area contributed by atoms with E-state index < -0.39 is 0 Å². The van der Waals surface area contributed by atoms with Crippen molar-refractivity contribution in [2.75, 3.05) is 19.1 Å². The van der Waals surface area contributed by atoms with E-state index in [0.717, 1.165) is 12.8 Å². The van der Waals surface area contributed by atoms with Crippen molar-refractivity contribution in [3.63, 3.8) is 0 Å². The molecule has 36 heavy (non-hydrogen) atoms. The van der Waals surface area contributed by atoms with Crippen LogP contribution >= 0.6 is 11.8 Å². The predicted molar refractivity (Wildman–Crippen MR) is 166 cm³/mol. The minimum atomic E-state index is -0.0778. The van der Waals surface area contributed by atoms with Gasteiger partial charge in [-0.2, -0.15) is 11.8 Å². The molecule has 0 N–H and O–H groups in total. The molecule has 0 spiro atoms. The number of unbranched alkanes of at least 4 members (excludes halogenated alkanes) is 9. The van der Waals surface area contributed by atoms with Crippen LogP contribution in [0.15, 0.2) is 47.1 Å². The lowest BCUT2D eigenvalue weighted by Crippen LogP contribution is -1.98. The molecule has 0 aliphatic heterocycles. The smallest absolute Gasteiger partial charge is 0.305 e. The highest BCUT2D eigenvalue weighted by atomic mass is 32.2. The molecule has 0 saturated carbocycles. The molecule has 0 aliphatic carbocycles. The second-order valence-corrected chi connectivity index (χ2v) is 10.8. The summed E-state index contributed by atoms with van der Waals surface area (Å²) in [7, 11) is 1.46. The molecule has 0 bridgehead atoms. The van der Waals surface area contributed by atoms with Crippen molar-refractivity contribution in [1.29, 1.82) is 0 Å². The number of allylic oxidation sites excluding steroid dienone is 7. The first-order chi connectivity index (χ1) is 17.4. The number of esters is 1. The highest BCUT2D eigenvalue weighted by Crippen LogP contribution is 2.12. The van der Waals surface area contributed by atoms with E-state index in [1.807, 2.05) is 11.8 Å². The molecule has 0 aromatic rings. The Bertz CT molecular complexity index is 613. The lowest BCUT2D eigenvalue weighted by Gasteiger charge is -2.01. The van der Waals surface area contributed by atoms with E-state index in [1.54, 1.807) is 0 Å².